The van der Waals surface area contributed by atoms with E-state index in [-0.39, 0.29) is 29.7 Å². The quantitative estimate of drug-likeness (QED) is 0.795. The van der Waals surface area contributed by atoms with Crippen molar-refractivity contribution in [2.75, 3.05) is 5.73 Å². The van der Waals surface area contributed by atoms with E-state index >= 15 is 0 Å². The Morgan fingerprint density at radius 3 is 2.50 bits per heavy atom. The number of aromatic nitrogens is 3. The highest BCUT2D eigenvalue weighted by atomic mass is 16.5. The maximum Gasteiger partial charge on any atom is 0.363 e. The number of aromatic carboxylic acids is 1. The van der Waals surface area contributed by atoms with Gasteiger partial charge in [0.15, 0.2) is 5.82 Å². The van der Waals surface area contributed by atoms with Crippen LogP contribution in [-0.2, 0) is 11.3 Å². The summed E-state index contributed by atoms with van der Waals surface area (Å²) in [5, 5.41) is 16.4. The topological polar surface area (TPSA) is 120 Å². The van der Waals surface area contributed by atoms with E-state index in [4.69, 9.17) is 15.6 Å². The van der Waals surface area contributed by atoms with Crippen LogP contribution in [0, 0.1) is 0 Å². The number of benzene rings is 1. The van der Waals surface area contributed by atoms with Crippen molar-refractivity contribution >= 4 is 17.8 Å². The van der Waals surface area contributed by atoms with Crippen molar-refractivity contribution in [3.05, 3.63) is 41.1 Å². The zero-order valence-corrected chi connectivity index (χ0v) is 12.2. The van der Waals surface area contributed by atoms with Crippen LogP contribution in [0.1, 0.15) is 40.3 Å². The summed E-state index contributed by atoms with van der Waals surface area (Å²) in [6.07, 6.45) is -0.277. The fraction of sp³-hybridized carbons (Fsp3) is 0.286. The summed E-state index contributed by atoms with van der Waals surface area (Å²) in [7, 11) is 0. The molecule has 0 atom stereocenters. The minimum Gasteiger partial charge on any atom is -0.478 e. The summed E-state index contributed by atoms with van der Waals surface area (Å²) in [4.78, 5) is 22.6. The first kappa shape index (κ1) is 15.5. The van der Waals surface area contributed by atoms with Crippen LogP contribution < -0.4 is 5.73 Å². The molecule has 8 nitrogen and oxygen atoms in total. The third kappa shape index (κ3) is 3.40. The molecule has 2 rings (SSSR count). The van der Waals surface area contributed by atoms with E-state index in [2.05, 4.69) is 10.3 Å². The molecule has 0 aliphatic heterocycles. The summed E-state index contributed by atoms with van der Waals surface area (Å²) >= 11 is 0. The van der Waals surface area contributed by atoms with Gasteiger partial charge in [0.1, 0.15) is 0 Å². The first-order valence-corrected chi connectivity index (χ1v) is 6.60. The molecule has 8 heteroatoms. The van der Waals surface area contributed by atoms with Crippen molar-refractivity contribution < 1.29 is 19.4 Å². The molecule has 0 spiro atoms. The number of carboxylic acids is 1. The van der Waals surface area contributed by atoms with Crippen LogP contribution in [0.25, 0.3) is 0 Å². The van der Waals surface area contributed by atoms with Crippen molar-refractivity contribution in [1.82, 2.24) is 15.0 Å². The van der Waals surface area contributed by atoms with Crippen LogP contribution in [0.3, 0.4) is 0 Å². The molecule has 0 bridgehead atoms. The predicted octanol–water partition coefficient (Wildman–Crippen LogP) is 1.17. The van der Waals surface area contributed by atoms with Crippen LogP contribution in [-0.4, -0.2) is 38.1 Å². The summed E-state index contributed by atoms with van der Waals surface area (Å²) in [5.41, 5.74) is 6.79. The first-order chi connectivity index (χ1) is 10.4. The molecule has 3 N–H and O–H groups in total. The molecule has 0 fully saturated rings. The maximum absolute atomic E-state index is 11.8. The molecule has 0 saturated heterocycles. The number of ether oxygens (including phenoxy) is 1. The average Bonchev–Trinajstić information content (AvgIpc) is 2.80. The van der Waals surface area contributed by atoms with E-state index in [0.717, 1.165) is 5.56 Å². The fourth-order valence-electron chi connectivity index (χ4n) is 1.78. The SMILES string of the molecule is CC(C)OC(=O)c1nnn(Cc2ccc(C(=O)O)cc2)c1N. The zero-order chi connectivity index (χ0) is 16.3. The molecule has 0 amide bonds. The van der Waals surface area contributed by atoms with Crippen LogP contribution in [0.15, 0.2) is 24.3 Å². The van der Waals surface area contributed by atoms with Gasteiger partial charge in [0, 0.05) is 0 Å². The zero-order valence-electron chi connectivity index (χ0n) is 12.2. The Morgan fingerprint density at radius 2 is 1.95 bits per heavy atom. The van der Waals surface area contributed by atoms with Gasteiger partial charge in [0.2, 0.25) is 5.69 Å². The van der Waals surface area contributed by atoms with Gasteiger partial charge in [-0.25, -0.2) is 14.3 Å². The third-order valence-electron chi connectivity index (χ3n) is 2.84. The maximum atomic E-state index is 11.8. The normalized spacial score (nSPS) is 10.7. The van der Waals surface area contributed by atoms with Gasteiger partial charge in [-0.05, 0) is 31.5 Å². The second kappa shape index (κ2) is 6.25. The van der Waals surface area contributed by atoms with Crippen molar-refractivity contribution in [2.45, 2.75) is 26.5 Å². The molecule has 0 saturated carbocycles. The number of hydrogen-bond donors (Lipinski definition) is 2. The second-order valence-corrected chi connectivity index (χ2v) is 4.94. The molecule has 1 aromatic heterocycles. The molecule has 0 radical (unpaired) electrons. The monoisotopic (exact) mass is 304 g/mol. The Labute approximate surface area is 126 Å². The van der Waals surface area contributed by atoms with Crippen molar-refractivity contribution in [2.24, 2.45) is 0 Å². The van der Waals surface area contributed by atoms with Gasteiger partial charge in [0.25, 0.3) is 0 Å². The molecular formula is C14H16N4O4. The predicted molar refractivity (Wildman–Crippen MR) is 77.5 cm³/mol. The molecule has 0 aliphatic rings. The lowest BCUT2D eigenvalue weighted by Gasteiger charge is -2.07. The molecule has 2 aromatic rings. The fourth-order valence-corrected chi connectivity index (χ4v) is 1.78. The number of nitrogen functional groups attached to an aromatic ring is 1. The van der Waals surface area contributed by atoms with Gasteiger partial charge in [0.05, 0.1) is 18.2 Å². The van der Waals surface area contributed by atoms with Crippen molar-refractivity contribution in [1.29, 1.82) is 0 Å². The van der Waals surface area contributed by atoms with Crippen LogP contribution >= 0.6 is 0 Å². The molecule has 22 heavy (non-hydrogen) atoms. The first-order valence-electron chi connectivity index (χ1n) is 6.60. The molecule has 0 aliphatic carbocycles. The lowest BCUT2D eigenvalue weighted by Crippen LogP contribution is -2.14. The summed E-state index contributed by atoms with van der Waals surface area (Å²) < 4.78 is 6.38. The lowest BCUT2D eigenvalue weighted by molar-refractivity contribution is 0.0371. The number of esters is 1. The van der Waals surface area contributed by atoms with Gasteiger partial charge in [-0.15, -0.1) is 5.10 Å². The van der Waals surface area contributed by atoms with E-state index in [1.54, 1.807) is 26.0 Å². The number of rotatable bonds is 5. The van der Waals surface area contributed by atoms with E-state index in [9.17, 15) is 9.59 Å². The van der Waals surface area contributed by atoms with E-state index in [0.29, 0.717) is 0 Å². The lowest BCUT2D eigenvalue weighted by atomic mass is 10.1. The number of carbonyl (C=O) groups is 2. The van der Waals surface area contributed by atoms with Gasteiger partial charge in [-0.1, -0.05) is 17.3 Å². The summed E-state index contributed by atoms with van der Waals surface area (Å²) in [5.74, 6) is -1.52. The minimum absolute atomic E-state index is 0.0316. The second-order valence-electron chi connectivity index (χ2n) is 4.94. The minimum atomic E-state index is -0.995. The Balaban J connectivity index is 2.15. The number of anilines is 1. The van der Waals surface area contributed by atoms with Crippen LogP contribution in [0.2, 0.25) is 0 Å². The van der Waals surface area contributed by atoms with E-state index in [1.807, 2.05) is 0 Å². The highest BCUT2D eigenvalue weighted by molar-refractivity contribution is 5.92. The van der Waals surface area contributed by atoms with E-state index < -0.39 is 11.9 Å². The Hall–Kier alpha value is -2.90. The largest absolute Gasteiger partial charge is 0.478 e. The average molecular weight is 304 g/mol. The molecule has 1 heterocycles. The Bertz CT molecular complexity index is 691. The molecule has 116 valence electrons. The van der Waals surface area contributed by atoms with Crippen LogP contribution in [0.5, 0.6) is 0 Å². The Morgan fingerprint density at radius 1 is 1.32 bits per heavy atom. The summed E-state index contributed by atoms with van der Waals surface area (Å²) in [6, 6.07) is 6.27. The molecular weight excluding hydrogens is 288 g/mol. The van der Waals surface area contributed by atoms with Crippen molar-refractivity contribution in [3.8, 4) is 0 Å². The number of carbonyl (C=O) groups excluding carboxylic acids is 1. The Kier molecular flexibility index (Phi) is 4.40. The number of carboxylic acid groups (broad SMARTS) is 1. The van der Waals surface area contributed by atoms with E-state index in [1.165, 1.54) is 16.8 Å². The number of hydrogen-bond acceptors (Lipinski definition) is 6. The number of nitrogens with two attached hydrogens (primary N) is 1. The van der Waals surface area contributed by atoms with Crippen LogP contribution in [0.4, 0.5) is 5.82 Å². The van der Waals surface area contributed by atoms with Gasteiger partial charge in [-0.2, -0.15) is 0 Å². The van der Waals surface area contributed by atoms with Gasteiger partial charge < -0.3 is 15.6 Å². The standard InChI is InChI=1S/C14H16N4O4/c1-8(2)22-14(21)11-12(15)18(17-16-11)7-9-3-5-10(6-4-9)13(19)20/h3-6,8H,7,15H2,1-2H3,(H,19,20). The highest BCUT2D eigenvalue weighted by Crippen LogP contribution is 2.13. The van der Waals surface area contributed by atoms with Crippen molar-refractivity contribution in [3.63, 3.8) is 0 Å². The smallest absolute Gasteiger partial charge is 0.363 e. The highest BCUT2D eigenvalue weighted by Gasteiger charge is 2.20. The summed E-state index contributed by atoms with van der Waals surface area (Å²) in [6.45, 7) is 3.72. The molecule has 0 unspecified atom stereocenters. The number of nitrogens with zero attached hydrogens (tertiary/aromatic N) is 3. The van der Waals surface area contributed by atoms with Gasteiger partial charge in [-0.3, -0.25) is 0 Å². The molecule has 1 aromatic carbocycles. The third-order valence-corrected chi connectivity index (χ3v) is 2.84. The van der Waals surface area contributed by atoms with Gasteiger partial charge >= 0.3 is 11.9 Å².